The van der Waals surface area contributed by atoms with E-state index >= 15 is 0 Å². The lowest BCUT2D eigenvalue weighted by Gasteiger charge is -2.18. The predicted molar refractivity (Wildman–Crippen MR) is 110 cm³/mol. The van der Waals surface area contributed by atoms with Gasteiger partial charge in [-0.05, 0) is 40.8 Å². The van der Waals surface area contributed by atoms with Gasteiger partial charge in [-0.1, -0.05) is 44.2 Å². The van der Waals surface area contributed by atoms with E-state index in [-0.39, 0.29) is 17.5 Å². The highest BCUT2D eigenvalue weighted by atomic mass is 16.5. The first kappa shape index (κ1) is 18.4. The van der Waals surface area contributed by atoms with Crippen LogP contribution in [0.2, 0.25) is 0 Å². The highest BCUT2D eigenvalue weighted by molar-refractivity contribution is 5.81. The summed E-state index contributed by atoms with van der Waals surface area (Å²) >= 11 is 0. The van der Waals surface area contributed by atoms with Gasteiger partial charge in [-0.25, -0.2) is 4.79 Å². The molecule has 0 radical (unpaired) electrons. The van der Waals surface area contributed by atoms with Gasteiger partial charge in [0.2, 0.25) is 0 Å². The van der Waals surface area contributed by atoms with Crippen molar-refractivity contribution in [2.24, 2.45) is 0 Å². The molecule has 1 atom stereocenters. The summed E-state index contributed by atoms with van der Waals surface area (Å²) in [6.45, 7) is 4.12. The summed E-state index contributed by atoms with van der Waals surface area (Å²) in [6, 6.07) is 16.0. The van der Waals surface area contributed by atoms with Gasteiger partial charge in [0.05, 0.1) is 14.2 Å². The van der Waals surface area contributed by atoms with Gasteiger partial charge in [0, 0.05) is 23.5 Å². The van der Waals surface area contributed by atoms with Crippen LogP contribution in [-0.2, 0) is 6.42 Å². The number of benzene rings is 2. The molecule has 1 aromatic heterocycles. The lowest BCUT2D eigenvalue weighted by molar-refractivity contribution is 0.354. The van der Waals surface area contributed by atoms with E-state index in [2.05, 4.69) is 38.1 Å². The third-order valence-corrected chi connectivity index (χ3v) is 5.41. The summed E-state index contributed by atoms with van der Waals surface area (Å²) in [4.78, 5) is 12.3. The first-order valence-electron chi connectivity index (χ1n) is 9.51. The van der Waals surface area contributed by atoms with Gasteiger partial charge in [0.1, 0.15) is 5.76 Å². The number of ether oxygens (including phenoxy) is 2. The molecule has 0 fully saturated rings. The van der Waals surface area contributed by atoms with Gasteiger partial charge >= 0.3 is 5.63 Å². The van der Waals surface area contributed by atoms with Gasteiger partial charge in [-0.2, -0.15) is 0 Å². The van der Waals surface area contributed by atoms with Crippen molar-refractivity contribution in [3.63, 3.8) is 0 Å². The van der Waals surface area contributed by atoms with Crippen molar-refractivity contribution < 1.29 is 13.9 Å². The zero-order valence-corrected chi connectivity index (χ0v) is 16.6. The Morgan fingerprint density at radius 1 is 0.964 bits per heavy atom. The van der Waals surface area contributed by atoms with Gasteiger partial charge in [0.25, 0.3) is 0 Å². The highest BCUT2D eigenvalue weighted by Crippen LogP contribution is 2.51. The quantitative estimate of drug-likeness (QED) is 0.619. The molecule has 4 rings (SSSR count). The molecule has 0 saturated heterocycles. The van der Waals surface area contributed by atoms with E-state index in [1.165, 1.54) is 5.56 Å². The molecule has 1 heterocycles. The van der Waals surface area contributed by atoms with Crippen molar-refractivity contribution in [3.8, 4) is 22.6 Å². The van der Waals surface area contributed by atoms with Crippen LogP contribution >= 0.6 is 0 Å². The van der Waals surface area contributed by atoms with E-state index in [1.54, 1.807) is 20.3 Å². The third-order valence-electron chi connectivity index (χ3n) is 5.41. The topological polar surface area (TPSA) is 48.7 Å². The summed E-state index contributed by atoms with van der Waals surface area (Å²) in [5.41, 5.74) is 5.12. The molecule has 0 aliphatic heterocycles. The molecule has 144 valence electrons. The highest BCUT2D eigenvalue weighted by Gasteiger charge is 2.35. The lowest BCUT2D eigenvalue weighted by atomic mass is 9.87. The fourth-order valence-corrected chi connectivity index (χ4v) is 4.17. The van der Waals surface area contributed by atoms with E-state index in [0.717, 1.165) is 34.4 Å². The van der Waals surface area contributed by atoms with Gasteiger partial charge in [-0.3, -0.25) is 0 Å². The minimum atomic E-state index is -0.316. The summed E-state index contributed by atoms with van der Waals surface area (Å²) in [5.74, 6) is 2.31. The molecule has 2 aromatic carbocycles. The SMILES string of the molecule is COc1cc2c(cc1OC)C(Cc1ccccc1)c1c-2cc(=O)oc1C(C)C. The summed E-state index contributed by atoms with van der Waals surface area (Å²) in [5, 5.41) is 0. The fourth-order valence-electron chi connectivity index (χ4n) is 4.17. The Bertz CT molecular complexity index is 1060. The van der Waals surface area contributed by atoms with Crippen LogP contribution in [0.5, 0.6) is 11.5 Å². The maximum absolute atomic E-state index is 12.3. The van der Waals surface area contributed by atoms with Crippen LogP contribution in [0.4, 0.5) is 0 Å². The van der Waals surface area contributed by atoms with Gasteiger partial charge < -0.3 is 13.9 Å². The number of hydrogen-bond donors (Lipinski definition) is 0. The second kappa shape index (κ2) is 7.19. The second-order valence-corrected chi connectivity index (χ2v) is 7.45. The molecule has 0 amide bonds. The second-order valence-electron chi connectivity index (χ2n) is 7.45. The monoisotopic (exact) mass is 376 g/mol. The van der Waals surface area contributed by atoms with Crippen LogP contribution in [0.3, 0.4) is 0 Å². The van der Waals surface area contributed by atoms with E-state index in [4.69, 9.17) is 13.9 Å². The average Bonchev–Trinajstić information content (AvgIpc) is 2.99. The minimum Gasteiger partial charge on any atom is -0.493 e. The molecule has 1 aliphatic rings. The summed E-state index contributed by atoms with van der Waals surface area (Å²) in [6.07, 6.45) is 0.823. The molecule has 0 N–H and O–H groups in total. The Balaban J connectivity index is 1.98. The van der Waals surface area contributed by atoms with Gasteiger partial charge in [-0.15, -0.1) is 0 Å². The molecule has 0 spiro atoms. The van der Waals surface area contributed by atoms with Crippen LogP contribution in [0.1, 0.15) is 48.1 Å². The average molecular weight is 376 g/mol. The van der Waals surface area contributed by atoms with Crippen LogP contribution < -0.4 is 15.1 Å². The van der Waals surface area contributed by atoms with Crippen molar-refractivity contribution in [1.29, 1.82) is 0 Å². The van der Waals surface area contributed by atoms with E-state index < -0.39 is 0 Å². The largest absolute Gasteiger partial charge is 0.493 e. The maximum atomic E-state index is 12.3. The Morgan fingerprint density at radius 3 is 2.29 bits per heavy atom. The Labute approximate surface area is 164 Å². The fraction of sp³-hybridized carbons (Fsp3) is 0.292. The Kier molecular flexibility index (Phi) is 4.71. The normalized spacial score (nSPS) is 14.7. The molecule has 4 nitrogen and oxygen atoms in total. The van der Waals surface area contributed by atoms with Crippen LogP contribution in [0, 0.1) is 0 Å². The first-order valence-corrected chi connectivity index (χ1v) is 9.51. The maximum Gasteiger partial charge on any atom is 0.336 e. The number of fused-ring (bicyclic) bond motifs is 3. The van der Waals surface area contributed by atoms with E-state index in [1.807, 2.05) is 18.2 Å². The van der Waals surface area contributed by atoms with E-state index in [0.29, 0.717) is 11.5 Å². The van der Waals surface area contributed by atoms with Crippen molar-refractivity contribution in [3.05, 3.63) is 81.4 Å². The van der Waals surface area contributed by atoms with Crippen LogP contribution in [0.15, 0.2) is 57.7 Å². The molecule has 28 heavy (non-hydrogen) atoms. The van der Waals surface area contributed by atoms with Crippen molar-refractivity contribution in [2.45, 2.75) is 32.1 Å². The molecule has 4 heteroatoms. The third kappa shape index (κ3) is 2.99. The predicted octanol–water partition coefficient (Wildman–Crippen LogP) is 5.14. The smallest absolute Gasteiger partial charge is 0.336 e. The van der Waals surface area contributed by atoms with E-state index in [9.17, 15) is 4.79 Å². The Hall–Kier alpha value is -3.01. The molecule has 1 aliphatic carbocycles. The van der Waals surface area contributed by atoms with Crippen LogP contribution in [0.25, 0.3) is 11.1 Å². The Morgan fingerprint density at radius 2 is 1.64 bits per heavy atom. The molecule has 3 aromatic rings. The molecular weight excluding hydrogens is 352 g/mol. The molecule has 1 unspecified atom stereocenters. The summed E-state index contributed by atoms with van der Waals surface area (Å²) < 4.78 is 16.7. The zero-order chi connectivity index (χ0) is 19.8. The standard InChI is InChI=1S/C24H24O4/c1-14(2)24-23-18(10-15-8-6-5-7-9-15)16-11-20(26-3)21(27-4)12-17(16)19(23)13-22(25)28-24/h5-9,11-14,18H,10H2,1-4H3. The number of rotatable bonds is 5. The van der Waals surface area contributed by atoms with Crippen molar-refractivity contribution in [1.82, 2.24) is 0 Å². The molecule has 0 saturated carbocycles. The molecular formula is C24H24O4. The zero-order valence-electron chi connectivity index (χ0n) is 16.6. The first-order chi connectivity index (χ1) is 13.5. The van der Waals surface area contributed by atoms with Crippen molar-refractivity contribution in [2.75, 3.05) is 14.2 Å². The summed E-state index contributed by atoms with van der Waals surface area (Å²) in [7, 11) is 3.27. The molecule has 0 bridgehead atoms. The van der Waals surface area contributed by atoms with Crippen molar-refractivity contribution >= 4 is 0 Å². The number of hydrogen-bond acceptors (Lipinski definition) is 4. The number of methoxy groups -OCH3 is 2. The van der Waals surface area contributed by atoms with Gasteiger partial charge in [0.15, 0.2) is 11.5 Å². The lowest BCUT2D eigenvalue weighted by Crippen LogP contribution is -2.10. The minimum absolute atomic E-state index is 0.0916. The van der Waals surface area contributed by atoms with Crippen LogP contribution in [-0.4, -0.2) is 14.2 Å².